The first-order valence-electron chi connectivity index (χ1n) is 7.29. The van der Waals surface area contributed by atoms with Gasteiger partial charge >= 0.3 is 0 Å². The van der Waals surface area contributed by atoms with Crippen LogP contribution in [0.25, 0.3) is 0 Å². The third-order valence-corrected chi connectivity index (χ3v) is 2.91. The molecule has 21 heavy (non-hydrogen) atoms. The topological polar surface area (TPSA) is 38.3 Å². The summed E-state index contributed by atoms with van der Waals surface area (Å²) in [6, 6.07) is 7.16. The molecular weight excluding hydrogens is 262 g/mol. The summed E-state index contributed by atoms with van der Waals surface area (Å²) in [5.74, 6) is 0.680. The highest BCUT2D eigenvalue weighted by atomic mass is 16.5. The summed E-state index contributed by atoms with van der Waals surface area (Å²) in [6.07, 6.45) is 2.60. The molecule has 0 bridgehead atoms. The Bertz CT molecular complexity index is 481. The predicted molar refractivity (Wildman–Crippen MR) is 87.8 cm³/mol. The molecule has 0 aliphatic carbocycles. The molecule has 0 aliphatic rings. The second-order valence-corrected chi connectivity index (χ2v) is 7.20. The zero-order chi connectivity index (χ0) is 16.1. The number of hydrogen-bond donors (Lipinski definition) is 1. The van der Waals surface area contributed by atoms with Crippen LogP contribution in [0.3, 0.4) is 0 Å². The van der Waals surface area contributed by atoms with Crippen LogP contribution in [-0.4, -0.2) is 18.1 Å². The Labute approximate surface area is 128 Å². The molecule has 3 heteroatoms. The van der Waals surface area contributed by atoms with E-state index in [9.17, 15) is 4.79 Å². The van der Waals surface area contributed by atoms with Crippen molar-refractivity contribution in [3.63, 3.8) is 0 Å². The van der Waals surface area contributed by atoms with Crippen LogP contribution in [0.1, 0.15) is 51.4 Å². The van der Waals surface area contributed by atoms with Crippen LogP contribution in [0.2, 0.25) is 0 Å². The molecule has 0 saturated carbocycles. The van der Waals surface area contributed by atoms with Crippen LogP contribution in [0.15, 0.2) is 36.9 Å². The first kappa shape index (κ1) is 17.3. The monoisotopic (exact) mass is 289 g/mol. The molecule has 0 heterocycles. The molecule has 0 aliphatic heterocycles. The van der Waals surface area contributed by atoms with Crippen molar-refractivity contribution in [1.82, 2.24) is 5.32 Å². The van der Waals surface area contributed by atoms with Gasteiger partial charge in [-0.25, -0.2) is 0 Å². The molecule has 1 amide bonds. The first-order valence-corrected chi connectivity index (χ1v) is 7.29. The van der Waals surface area contributed by atoms with E-state index in [1.165, 1.54) is 0 Å². The van der Waals surface area contributed by atoms with Crippen molar-refractivity contribution in [3.8, 4) is 5.75 Å². The van der Waals surface area contributed by atoms with Gasteiger partial charge in [0.15, 0.2) is 0 Å². The summed E-state index contributed by atoms with van der Waals surface area (Å²) < 4.78 is 5.41. The number of amides is 1. The third kappa shape index (κ3) is 6.48. The van der Waals surface area contributed by atoms with Crippen molar-refractivity contribution in [3.05, 3.63) is 42.5 Å². The van der Waals surface area contributed by atoms with Crippen molar-refractivity contribution >= 4 is 5.91 Å². The van der Waals surface area contributed by atoms with Crippen LogP contribution in [0.4, 0.5) is 0 Å². The molecule has 1 rings (SSSR count). The normalized spacial score (nSPS) is 11.9. The van der Waals surface area contributed by atoms with Gasteiger partial charge in [0.1, 0.15) is 12.4 Å². The maximum Gasteiger partial charge on any atom is 0.251 e. The Kier molecular flexibility index (Phi) is 5.59. The largest absolute Gasteiger partial charge is 0.490 e. The van der Waals surface area contributed by atoms with Crippen LogP contribution in [0.5, 0.6) is 5.75 Å². The van der Waals surface area contributed by atoms with E-state index in [1.807, 2.05) is 0 Å². The van der Waals surface area contributed by atoms with Gasteiger partial charge < -0.3 is 10.1 Å². The van der Waals surface area contributed by atoms with Crippen LogP contribution in [-0.2, 0) is 0 Å². The van der Waals surface area contributed by atoms with E-state index < -0.39 is 0 Å². The quantitative estimate of drug-likeness (QED) is 0.797. The second-order valence-electron chi connectivity index (χ2n) is 7.20. The van der Waals surface area contributed by atoms with Gasteiger partial charge in [-0.15, -0.1) is 0 Å². The van der Waals surface area contributed by atoms with E-state index in [-0.39, 0.29) is 16.9 Å². The Hall–Kier alpha value is -1.77. The molecule has 0 atom stereocenters. The van der Waals surface area contributed by atoms with Crippen molar-refractivity contribution in [2.24, 2.45) is 5.41 Å². The number of hydrogen-bond acceptors (Lipinski definition) is 2. The second kappa shape index (κ2) is 6.79. The Morgan fingerprint density at radius 2 is 1.76 bits per heavy atom. The van der Waals surface area contributed by atoms with Crippen LogP contribution < -0.4 is 10.1 Å². The van der Waals surface area contributed by atoms with Gasteiger partial charge in [-0.1, -0.05) is 33.4 Å². The highest BCUT2D eigenvalue weighted by molar-refractivity contribution is 5.94. The number of carbonyl (C=O) groups is 1. The minimum absolute atomic E-state index is 0.0560. The maximum atomic E-state index is 12.3. The lowest BCUT2D eigenvalue weighted by Crippen LogP contribution is -2.45. The number of ether oxygens (including phenoxy) is 1. The molecule has 0 radical (unpaired) electrons. The van der Waals surface area contributed by atoms with Crippen LogP contribution in [0, 0.1) is 5.41 Å². The molecule has 0 spiro atoms. The number of benzene rings is 1. The Balaban J connectivity index is 2.69. The molecule has 0 fully saturated rings. The zero-order valence-electron chi connectivity index (χ0n) is 13.8. The highest BCUT2D eigenvalue weighted by Crippen LogP contribution is 2.27. The average molecular weight is 289 g/mol. The highest BCUT2D eigenvalue weighted by Gasteiger charge is 2.27. The molecule has 0 saturated heterocycles. The van der Waals surface area contributed by atoms with Crippen molar-refractivity contribution in [2.75, 3.05) is 6.61 Å². The summed E-state index contributed by atoms with van der Waals surface area (Å²) in [6.45, 7) is 14.7. The van der Waals surface area contributed by atoms with Gasteiger partial charge in [0.2, 0.25) is 0 Å². The Morgan fingerprint density at radius 3 is 2.24 bits per heavy atom. The summed E-state index contributed by atoms with van der Waals surface area (Å²) in [4.78, 5) is 12.3. The molecule has 0 unspecified atom stereocenters. The van der Waals surface area contributed by atoms with Gasteiger partial charge in [0.05, 0.1) is 0 Å². The molecule has 1 aromatic carbocycles. The fourth-order valence-electron chi connectivity index (χ4n) is 2.61. The van der Waals surface area contributed by atoms with E-state index >= 15 is 0 Å². The first-order chi connectivity index (χ1) is 9.63. The van der Waals surface area contributed by atoms with Gasteiger partial charge in [-0.2, -0.15) is 0 Å². The predicted octanol–water partition coefficient (Wildman–Crippen LogP) is 4.20. The average Bonchev–Trinajstić information content (AvgIpc) is 2.33. The number of carbonyl (C=O) groups excluding carboxylic acids is 1. The van der Waals surface area contributed by atoms with Gasteiger partial charge in [0.25, 0.3) is 5.91 Å². The Morgan fingerprint density at radius 1 is 1.19 bits per heavy atom. The zero-order valence-corrected chi connectivity index (χ0v) is 13.8. The SMILES string of the molecule is C=CCOc1ccc(C(=O)NC(C)(C)CC(C)(C)C)cc1. The smallest absolute Gasteiger partial charge is 0.251 e. The van der Waals surface area contributed by atoms with E-state index in [4.69, 9.17) is 4.74 Å². The van der Waals surface area contributed by atoms with E-state index in [2.05, 4.69) is 46.5 Å². The fraction of sp³-hybridized carbons (Fsp3) is 0.500. The molecule has 1 N–H and O–H groups in total. The lowest BCUT2D eigenvalue weighted by atomic mass is 9.81. The van der Waals surface area contributed by atoms with Crippen LogP contribution >= 0.6 is 0 Å². The van der Waals surface area contributed by atoms with E-state index in [1.54, 1.807) is 30.3 Å². The minimum atomic E-state index is -0.243. The van der Waals surface area contributed by atoms with E-state index in [0.29, 0.717) is 12.2 Å². The summed E-state index contributed by atoms with van der Waals surface area (Å²) in [5, 5.41) is 3.10. The van der Waals surface area contributed by atoms with Gasteiger partial charge in [-0.3, -0.25) is 4.79 Å². The van der Waals surface area contributed by atoms with Gasteiger partial charge in [0, 0.05) is 11.1 Å². The molecule has 1 aromatic rings. The van der Waals surface area contributed by atoms with Crippen molar-refractivity contribution < 1.29 is 9.53 Å². The molecular formula is C18H27NO2. The fourth-order valence-corrected chi connectivity index (χ4v) is 2.61. The lowest BCUT2D eigenvalue weighted by molar-refractivity contribution is 0.0891. The van der Waals surface area contributed by atoms with Crippen molar-refractivity contribution in [2.45, 2.75) is 46.6 Å². The third-order valence-electron chi connectivity index (χ3n) is 2.91. The lowest BCUT2D eigenvalue weighted by Gasteiger charge is -2.33. The maximum absolute atomic E-state index is 12.3. The molecule has 116 valence electrons. The molecule has 3 nitrogen and oxygen atoms in total. The number of nitrogens with one attached hydrogen (secondary N) is 1. The number of rotatable bonds is 6. The summed E-state index contributed by atoms with van der Waals surface area (Å²) in [7, 11) is 0. The summed E-state index contributed by atoms with van der Waals surface area (Å²) in [5.41, 5.74) is 0.565. The standard InChI is InChI=1S/C18H27NO2/c1-7-12-21-15-10-8-14(9-11-15)16(20)19-18(5,6)13-17(2,3)4/h7-11H,1,12-13H2,2-6H3,(H,19,20). The minimum Gasteiger partial charge on any atom is -0.490 e. The van der Waals surface area contributed by atoms with Gasteiger partial charge in [-0.05, 0) is 49.9 Å². The molecule has 0 aromatic heterocycles. The van der Waals surface area contributed by atoms with Crippen molar-refractivity contribution in [1.29, 1.82) is 0 Å². The van der Waals surface area contributed by atoms with E-state index in [0.717, 1.165) is 12.2 Å². The summed E-state index contributed by atoms with van der Waals surface area (Å²) >= 11 is 0.